The first-order chi connectivity index (χ1) is 5.79. The summed E-state index contributed by atoms with van der Waals surface area (Å²) in [4.78, 5) is 0. The molecular weight excluding hydrogens is 159 g/mol. The second-order valence-corrected chi connectivity index (χ2v) is 2.51. The Kier molecular flexibility index (Phi) is 3.74. The molecule has 1 rings (SSSR count). The van der Waals surface area contributed by atoms with Gasteiger partial charge in [0.25, 0.3) is 0 Å². The van der Waals surface area contributed by atoms with Crippen molar-refractivity contribution in [3.63, 3.8) is 0 Å². The van der Waals surface area contributed by atoms with Gasteiger partial charge < -0.3 is 5.32 Å². The summed E-state index contributed by atoms with van der Waals surface area (Å²) in [7, 11) is -2.27. The molecule has 0 radical (unpaired) electrons. The quantitative estimate of drug-likeness (QED) is 0.676. The average molecular weight is 169 g/mol. The number of hydrogen-bond acceptors (Lipinski definition) is 1. The van der Waals surface area contributed by atoms with Crippen LogP contribution in [0.5, 0.6) is 0 Å². The third kappa shape index (κ3) is 3.48. The molecule has 0 aromatic heterocycles. The standard InChI is InChI=1S/C8H10BF2N/c10-9(11)7-12-6-8-4-2-1-3-5-8/h1-5,12H,6-7H2. The van der Waals surface area contributed by atoms with E-state index in [-0.39, 0.29) is 6.44 Å². The van der Waals surface area contributed by atoms with E-state index in [4.69, 9.17) is 0 Å². The molecule has 1 aromatic rings. The zero-order chi connectivity index (χ0) is 8.81. The van der Waals surface area contributed by atoms with Gasteiger partial charge in [-0.05, 0) is 5.56 Å². The van der Waals surface area contributed by atoms with Crippen LogP contribution in [0.2, 0.25) is 0 Å². The van der Waals surface area contributed by atoms with Crippen LogP contribution in [-0.2, 0) is 6.54 Å². The Bertz CT molecular complexity index is 216. The van der Waals surface area contributed by atoms with Crippen LogP contribution in [0.3, 0.4) is 0 Å². The third-order valence-electron chi connectivity index (χ3n) is 1.47. The topological polar surface area (TPSA) is 12.0 Å². The molecule has 1 N–H and O–H groups in total. The van der Waals surface area contributed by atoms with Crippen molar-refractivity contribution >= 4 is 7.27 Å². The van der Waals surface area contributed by atoms with Gasteiger partial charge in [-0.25, -0.2) is 0 Å². The van der Waals surface area contributed by atoms with Crippen molar-refractivity contribution in [3.05, 3.63) is 35.9 Å². The molecule has 12 heavy (non-hydrogen) atoms. The minimum Gasteiger partial charge on any atom is -0.314 e. The molecule has 0 aliphatic carbocycles. The van der Waals surface area contributed by atoms with Crippen LogP contribution in [0.15, 0.2) is 30.3 Å². The Morgan fingerprint density at radius 2 is 1.83 bits per heavy atom. The first-order valence-corrected chi connectivity index (χ1v) is 3.82. The smallest absolute Gasteiger partial charge is 0.314 e. The molecule has 1 aromatic carbocycles. The number of hydrogen-bond donors (Lipinski definition) is 1. The van der Waals surface area contributed by atoms with Gasteiger partial charge >= 0.3 is 7.27 Å². The lowest BCUT2D eigenvalue weighted by molar-refractivity contribution is 0.621. The lowest BCUT2D eigenvalue weighted by Crippen LogP contribution is -2.23. The second-order valence-electron chi connectivity index (χ2n) is 2.51. The molecule has 0 unspecified atom stereocenters. The average Bonchev–Trinajstić information content (AvgIpc) is 2.05. The van der Waals surface area contributed by atoms with Gasteiger partial charge in [-0.15, -0.1) is 0 Å². The van der Waals surface area contributed by atoms with E-state index >= 15 is 0 Å². The van der Waals surface area contributed by atoms with Crippen molar-refractivity contribution in [2.75, 3.05) is 6.44 Å². The van der Waals surface area contributed by atoms with E-state index in [1.165, 1.54) is 0 Å². The molecule has 0 aliphatic heterocycles. The summed E-state index contributed by atoms with van der Waals surface area (Å²) in [5.74, 6) is 0. The van der Waals surface area contributed by atoms with Crippen LogP contribution >= 0.6 is 0 Å². The van der Waals surface area contributed by atoms with E-state index < -0.39 is 7.27 Å². The largest absolute Gasteiger partial charge is 0.551 e. The van der Waals surface area contributed by atoms with Gasteiger partial charge in [0.15, 0.2) is 0 Å². The molecule has 0 fully saturated rings. The van der Waals surface area contributed by atoms with E-state index in [2.05, 4.69) is 5.32 Å². The fourth-order valence-electron chi connectivity index (χ4n) is 0.921. The van der Waals surface area contributed by atoms with Gasteiger partial charge in [-0.1, -0.05) is 30.3 Å². The van der Waals surface area contributed by atoms with Crippen LogP contribution < -0.4 is 5.32 Å². The van der Waals surface area contributed by atoms with Gasteiger partial charge in [-0.3, -0.25) is 8.63 Å². The molecule has 0 bridgehead atoms. The highest BCUT2D eigenvalue weighted by Gasteiger charge is 2.09. The fourth-order valence-corrected chi connectivity index (χ4v) is 0.921. The van der Waals surface area contributed by atoms with E-state index in [1.54, 1.807) is 0 Å². The van der Waals surface area contributed by atoms with Crippen molar-refractivity contribution in [2.24, 2.45) is 0 Å². The first kappa shape index (κ1) is 9.19. The second kappa shape index (κ2) is 4.88. The number of benzene rings is 1. The van der Waals surface area contributed by atoms with Crippen LogP contribution in [0.1, 0.15) is 5.56 Å². The summed E-state index contributed by atoms with van der Waals surface area (Å²) in [6.45, 7) is 0.505. The normalized spacial score (nSPS) is 9.83. The molecule has 0 saturated carbocycles. The molecule has 0 saturated heterocycles. The van der Waals surface area contributed by atoms with Crippen LogP contribution in [0, 0.1) is 0 Å². The van der Waals surface area contributed by atoms with Gasteiger partial charge in [0.1, 0.15) is 0 Å². The molecule has 64 valence electrons. The predicted molar refractivity (Wildman–Crippen MR) is 46.1 cm³/mol. The highest BCUT2D eigenvalue weighted by Crippen LogP contribution is 1.96. The lowest BCUT2D eigenvalue weighted by atomic mass is 10.00. The molecule has 4 heteroatoms. The molecule has 0 spiro atoms. The monoisotopic (exact) mass is 169 g/mol. The Balaban J connectivity index is 2.25. The van der Waals surface area contributed by atoms with Crippen molar-refractivity contribution in [1.82, 2.24) is 5.32 Å². The number of halogens is 2. The minimum atomic E-state index is -2.27. The zero-order valence-electron chi connectivity index (χ0n) is 6.63. The summed E-state index contributed by atoms with van der Waals surface area (Å²) < 4.78 is 23.4. The molecule has 0 heterocycles. The summed E-state index contributed by atoms with van der Waals surface area (Å²) in [5.41, 5.74) is 1.03. The van der Waals surface area contributed by atoms with Crippen molar-refractivity contribution in [1.29, 1.82) is 0 Å². The van der Waals surface area contributed by atoms with E-state index in [0.29, 0.717) is 6.54 Å². The number of nitrogens with one attached hydrogen (secondary N) is 1. The fraction of sp³-hybridized carbons (Fsp3) is 0.250. The van der Waals surface area contributed by atoms with Crippen LogP contribution in [-0.4, -0.2) is 13.7 Å². The Labute approximate surface area is 71.0 Å². The minimum absolute atomic E-state index is 0.241. The summed E-state index contributed by atoms with van der Waals surface area (Å²) in [6, 6.07) is 9.48. The van der Waals surface area contributed by atoms with Crippen LogP contribution in [0.4, 0.5) is 8.63 Å². The zero-order valence-corrected chi connectivity index (χ0v) is 6.63. The maximum atomic E-state index is 11.7. The van der Waals surface area contributed by atoms with Gasteiger partial charge in [0.05, 0.1) is 0 Å². The summed E-state index contributed by atoms with van der Waals surface area (Å²) in [5, 5.41) is 2.65. The van der Waals surface area contributed by atoms with Crippen molar-refractivity contribution in [2.45, 2.75) is 6.54 Å². The molecule has 0 atom stereocenters. The van der Waals surface area contributed by atoms with Gasteiger partial charge in [0.2, 0.25) is 0 Å². The molecule has 0 amide bonds. The third-order valence-corrected chi connectivity index (χ3v) is 1.47. The Hall–Kier alpha value is -0.895. The maximum Gasteiger partial charge on any atom is 0.551 e. The highest BCUT2D eigenvalue weighted by molar-refractivity contribution is 6.42. The van der Waals surface area contributed by atoms with Crippen LogP contribution in [0.25, 0.3) is 0 Å². The van der Waals surface area contributed by atoms with E-state index in [1.807, 2.05) is 30.3 Å². The summed E-state index contributed by atoms with van der Waals surface area (Å²) in [6.07, 6.45) is -0.241. The molecule has 0 aliphatic rings. The van der Waals surface area contributed by atoms with Crippen molar-refractivity contribution < 1.29 is 8.63 Å². The van der Waals surface area contributed by atoms with Gasteiger partial charge in [-0.2, -0.15) is 0 Å². The van der Waals surface area contributed by atoms with E-state index in [0.717, 1.165) is 5.56 Å². The maximum absolute atomic E-state index is 11.7. The Morgan fingerprint density at radius 1 is 1.17 bits per heavy atom. The Morgan fingerprint density at radius 3 is 2.42 bits per heavy atom. The SMILES string of the molecule is FB(F)CNCc1ccccc1. The van der Waals surface area contributed by atoms with Crippen molar-refractivity contribution in [3.8, 4) is 0 Å². The predicted octanol–water partition coefficient (Wildman–Crippen LogP) is 1.74. The number of rotatable bonds is 4. The summed E-state index contributed by atoms with van der Waals surface area (Å²) >= 11 is 0. The first-order valence-electron chi connectivity index (χ1n) is 3.82. The lowest BCUT2D eigenvalue weighted by Gasteiger charge is -2.01. The molecular formula is C8H10BF2N. The highest BCUT2D eigenvalue weighted by atomic mass is 19.2. The molecule has 1 nitrogen and oxygen atoms in total. The van der Waals surface area contributed by atoms with E-state index in [9.17, 15) is 8.63 Å². The van der Waals surface area contributed by atoms with Gasteiger partial charge in [0, 0.05) is 13.0 Å².